The first-order chi connectivity index (χ1) is 14.3. The number of nitrogens with two attached hydrogens (primary N) is 1. The van der Waals surface area contributed by atoms with Crippen molar-refractivity contribution in [1.82, 2.24) is 19.0 Å². The van der Waals surface area contributed by atoms with Gasteiger partial charge in [0.25, 0.3) is 10.0 Å². The maximum Gasteiger partial charge on any atom is 0.250 e. The Morgan fingerprint density at radius 2 is 1.77 bits per heavy atom. The second kappa shape index (κ2) is 7.13. The van der Waals surface area contributed by atoms with E-state index in [1.165, 1.54) is 24.5 Å². The van der Waals surface area contributed by atoms with E-state index >= 15 is 0 Å². The predicted molar refractivity (Wildman–Crippen MR) is 111 cm³/mol. The first kappa shape index (κ1) is 19.4. The summed E-state index contributed by atoms with van der Waals surface area (Å²) in [6, 6.07) is 13.1. The topological polar surface area (TPSA) is 100 Å². The molecule has 4 rings (SSSR count). The quantitative estimate of drug-likeness (QED) is 0.508. The van der Waals surface area contributed by atoms with Crippen LogP contribution < -0.4 is 5.73 Å². The number of anilines is 1. The molecule has 0 fully saturated rings. The molecule has 0 aliphatic heterocycles. The lowest BCUT2D eigenvalue weighted by molar-refractivity contribution is 0.586. The van der Waals surface area contributed by atoms with Crippen LogP contribution >= 0.6 is 0 Å². The zero-order valence-electron chi connectivity index (χ0n) is 15.7. The zero-order chi connectivity index (χ0) is 21.5. The molecule has 2 aromatic carbocycles. The Morgan fingerprint density at radius 1 is 1.07 bits per heavy atom. The molecule has 8 nitrogen and oxygen atoms in total. The highest BCUT2D eigenvalue weighted by Gasteiger charge is 2.14. The highest BCUT2D eigenvalue weighted by Crippen LogP contribution is 2.30. The summed E-state index contributed by atoms with van der Waals surface area (Å²) in [5, 5.41) is 8.15. The highest BCUT2D eigenvalue weighted by molar-refractivity contribution is 7.89. The van der Waals surface area contributed by atoms with Crippen LogP contribution in [-0.4, -0.2) is 33.6 Å². The van der Waals surface area contributed by atoms with Gasteiger partial charge in [-0.2, -0.15) is 14.3 Å². The number of aromatic nitrogens is 4. The summed E-state index contributed by atoms with van der Waals surface area (Å²) in [5.41, 5.74) is 9.00. The Morgan fingerprint density at radius 3 is 2.37 bits per heavy atom. The van der Waals surface area contributed by atoms with Gasteiger partial charge in [-0.05, 0) is 23.8 Å². The molecule has 0 atom stereocenters. The van der Waals surface area contributed by atoms with E-state index in [1.54, 1.807) is 41.1 Å². The van der Waals surface area contributed by atoms with Crippen LogP contribution in [0, 0.1) is 12.4 Å². The predicted octanol–water partition coefficient (Wildman–Crippen LogP) is 3.48. The molecule has 2 heterocycles. The SMILES string of the molecule is [C-]#[N+]c1ccc(-c2cc(N)nn2-c2ccc(-c3cnn(S(C)(=O)=O)c3)cc2)cc1F. The standard InChI is InChI=1S/C20H15FN6O2S/c1-23-18-8-5-14(9-17(18)21)19-10-20(22)25-27(19)16-6-3-13(4-7-16)15-11-24-26(12-15)30(2,28)29/h3-12H,2H3,(H2,22,25). The number of rotatable bonds is 4. The van der Waals surface area contributed by atoms with E-state index in [0.29, 0.717) is 22.5 Å². The van der Waals surface area contributed by atoms with Crippen LogP contribution in [0.4, 0.5) is 15.9 Å². The minimum atomic E-state index is -3.45. The lowest BCUT2D eigenvalue weighted by atomic mass is 10.1. The third-order valence-corrected chi connectivity index (χ3v) is 5.32. The largest absolute Gasteiger partial charge is 0.382 e. The molecule has 0 aliphatic rings. The Labute approximate surface area is 171 Å². The average Bonchev–Trinajstić information content (AvgIpc) is 3.35. The second-order valence-corrected chi connectivity index (χ2v) is 8.40. The van der Waals surface area contributed by atoms with Gasteiger partial charge in [0, 0.05) is 17.2 Å². The number of nitrogen functional groups attached to an aromatic ring is 1. The Kier molecular flexibility index (Phi) is 4.60. The number of benzene rings is 2. The van der Waals surface area contributed by atoms with E-state index in [1.807, 2.05) is 0 Å². The summed E-state index contributed by atoms with van der Waals surface area (Å²) in [4.78, 5) is 3.13. The van der Waals surface area contributed by atoms with Crippen molar-refractivity contribution in [2.45, 2.75) is 0 Å². The molecular weight excluding hydrogens is 407 g/mol. The van der Waals surface area contributed by atoms with E-state index in [-0.39, 0.29) is 11.5 Å². The molecule has 150 valence electrons. The molecule has 0 unspecified atom stereocenters. The number of hydrogen-bond acceptors (Lipinski definition) is 5. The fraction of sp³-hybridized carbons (Fsp3) is 0.0500. The lowest BCUT2D eigenvalue weighted by Gasteiger charge is -2.09. The summed E-state index contributed by atoms with van der Waals surface area (Å²) in [6.07, 6.45) is 3.97. The van der Waals surface area contributed by atoms with E-state index in [2.05, 4.69) is 15.0 Å². The van der Waals surface area contributed by atoms with Gasteiger partial charge in [0.05, 0.1) is 36.6 Å². The number of hydrogen-bond donors (Lipinski definition) is 1. The molecule has 0 amide bonds. The van der Waals surface area contributed by atoms with Gasteiger partial charge in [0.15, 0.2) is 0 Å². The van der Waals surface area contributed by atoms with E-state index in [4.69, 9.17) is 12.3 Å². The minimum Gasteiger partial charge on any atom is -0.382 e. The number of nitrogens with zero attached hydrogens (tertiary/aromatic N) is 5. The van der Waals surface area contributed by atoms with Crippen LogP contribution in [0.15, 0.2) is 60.9 Å². The third kappa shape index (κ3) is 3.54. The van der Waals surface area contributed by atoms with Crippen molar-refractivity contribution in [3.05, 3.63) is 78.2 Å². The van der Waals surface area contributed by atoms with Gasteiger partial charge >= 0.3 is 0 Å². The van der Waals surface area contributed by atoms with Crippen LogP contribution in [0.3, 0.4) is 0 Å². The van der Waals surface area contributed by atoms with Crippen molar-refractivity contribution in [2.24, 2.45) is 0 Å². The van der Waals surface area contributed by atoms with E-state index in [9.17, 15) is 12.8 Å². The summed E-state index contributed by atoms with van der Waals surface area (Å²) >= 11 is 0. The summed E-state index contributed by atoms with van der Waals surface area (Å²) in [6.45, 7) is 6.98. The van der Waals surface area contributed by atoms with Crippen LogP contribution in [0.5, 0.6) is 0 Å². The molecule has 0 saturated heterocycles. The van der Waals surface area contributed by atoms with Gasteiger partial charge in [-0.1, -0.05) is 24.3 Å². The first-order valence-electron chi connectivity index (χ1n) is 8.65. The Bertz CT molecular complexity index is 1400. The van der Waals surface area contributed by atoms with Crippen LogP contribution in [-0.2, 0) is 10.0 Å². The summed E-state index contributed by atoms with van der Waals surface area (Å²) < 4.78 is 39.7. The average molecular weight is 422 g/mol. The van der Waals surface area contributed by atoms with Crippen molar-refractivity contribution >= 4 is 21.5 Å². The monoisotopic (exact) mass is 422 g/mol. The molecule has 0 aliphatic carbocycles. The second-order valence-electron chi connectivity index (χ2n) is 6.56. The number of halogens is 1. The smallest absolute Gasteiger partial charge is 0.250 e. The minimum absolute atomic E-state index is 0.0585. The van der Waals surface area contributed by atoms with Gasteiger partial charge in [-0.25, -0.2) is 22.3 Å². The molecular formula is C20H15FN6O2S. The Balaban J connectivity index is 1.71. The Hall–Kier alpha value is -3.97. The highest BCUT2D eigenvalue weighted by atomic mass is 32.2. The summed E-state index contributed by atoms with van der Waals surface area (Å²) in [5.74, 6) is -0.356. The van der Waals surface area contributed by atoms with E-state index in [0.717, 1.165) is 15.9 Å². The van der Waals surface area contributed by atoms with E-state index < -0.39 is 15.8 Å². The zero-order valence-corrected chi connectivity index (χ0v) is 16.5. The van der Waals surface area contributed by atoms with Crippen molar-refractivity contribution in [2.75, 3.05) is 12.0 Å². The maximum atomic E-state index is 14.1. The van der Waals surface area contributed by atoms with Crippen molar-refractivity contribution in [1.29, 1.82) is 0 Å². The molecule has 10 heteroatoms. The van der Waals surface area contributed by atoms with Crippen LogP contribution in [0.2, 0.25) is 0 Å². The third-order valence-electron chi connectivity index (χ3n) is 4.44. The molecule has 0 bridgehead atoms. The summed E-state index contributed by atoms with van der Waals surface area (Å²) in [7, 11) is -3.45. The molecule has 4 aromatic rings. The van der Waals surface area contributed by atoms with Gasteiger partial charge in [-0.3, -0.25) is 0 Å². The first-order valence-corrected chi connectivity index (χ1v) is 10.5. The lowest BCUT2D eigenvalue weighted by Crippen LogP contribution is -2.09. The van der Waals surface area contributed by atoms with Crippen molar-refractivity contribution < 1.29 is 12.8 Å². The van der Waals surface area contributed by atoms with Gasteiger partial charge in [-0.15, -0.1) is 0 Å². The fourth-order valence-corrected chi connectivity index (χ4v) is 3.51. The van der Waals surface area contributed by atoms with Crippen LogP contribution in [0.1, 0.15) is 0 Å². The molecule has 0 saturated carbocycles. The normalized spacial score (nSPS) is 11.4. The van der Waals surface area contributed by atoms with Crippen LogP contribution in [0.25, 0.3) is 32.9 Å². The maximum absolute atomic E-state index is 14.1. The van der Waals surface area contributed by atoms with Gasteiger partial charge in [0.2, 0.25) is 5.69 Å². The van der Waals surface area contributed by atoms with Gasteiger partial charge in [0.1, 0.15) is 11.6 Å². The molecule has 30 heavy (non-hydrogen) atoms. The molecule has 2 aromatic heterocycles. The molecule has 2 N–H and O–H groups in total. The molecule has 0 spiro atoms. The molecule has 0 radical (unpaired) electrons. The fourth-order valence-electron chi connectivity index (χ4n) is 2.99. The van der Waals surface area contributed by atoms with Crippen molar-refractivity contribution in [3.8, 4) is 28.1 Å². The van der Waals surface area contributed by atoms with Crippen molar-refractivity contribution in [3.63, 3.8) is 0 Å². The van der Waals surface area contributed by atoms with Gasteiger partial charge < -0.3 is 5.73 Å².